The molecule has 3 rings (SSSR count). The molecule has 20 heavy (non-hydrogen) atoms. The second kappa shape index (κ2) is 5.27. The van der Waals surface area contributed by atoms with E-state index in [2.05, 4.69) is 15.3 Å². The minimum Gasteiger partial charge on any atom is -0.315 e. The molecule has 0 aliphatic carbocycles. The topological polar surface area (TPSA) is 72.0 Å². The molecule has 5 nitrogen and oxygen atoms in total. The van der Waals surface area contributed by atoms with Gasteiger partial charge in [-0.2, -0.15) is 0 Å². The van der Waals surface area contributed by atoms with Crippen LogP contribution in [0.5, 0.6) is 0 Å². The molecule has 0 bridgehead atoms. The number of fused-ring (bicyclic) bond motifs is 1. The molecule has 2 aromatic rings. The molecule has 2 heterocycles. The van der Waals surface area contributed by atoms with E-state index < -0.39 is 15.1 Å². The molecule has 7 heteroatoms. The van der Waals surface area contributed by atoms with Gasteiger partial charge in [0.15, 0.2) is 10.2 Å². The number of nitrogens with zero attached hydrogens (tertiary/aromatic N) is 2. The zero-order valence-electron chi connectivity index (χ0n) is 10.7. The Kier molecular flexibility index (Phi) is 3.62. The number of hydrogen-bond donors (Lipinski definition) is 1. The van der Waals surface area contributed by atoms with Crippen LogP contribution >= 0.6 is 11.6 Å². The maximum Gasteiger partial charge on any atom is 0.202 e. The van der Waals surface area contributed by atoms with Crippen molar-refractivity contribution in [1.29, 1.82) is 0 Å². The summed E-state index contributed by atoms with van der Waals surface area (Å²) in [4.78, 5) is 8.35. The van der Waals surface area contributed by atoms with Gasteiger partial charge < -0.3 is 5.32 Å². The Balaban J connectivity index is 2.10. The van der Waals surface area contributed by atoms with Crippen LogP contribution < -0.4 is 5.32 Å². The Labute approximate surface area is 122 Å². The molecular weight excluding hydrogens is 298 g/mol. The molecule has 0 amide bonds. The molecule has 0 spiro atoms. The summed E-state index contributed by atoms with van der Waals surface area (Å²) in [6, 6.07) is 7.10. The first kappa shape index (κ1) is 13.7. The van der Waals surface area contributed by atoms with Gasteiger partial charge >= 0.3 is 0 Å². The van der Waals surface area contributed by atoms with Crippen molar-refractivity contribution in [3.05, 3.63) is 29.4 Å². The highest BCUT2D eigenvalue weighted by molar-refractivity contribution is 7.92. The van der Waals surface area contributed by atoms with E-state index >= 15 is 0 Å². The van der Waals surface area contributed by atoms with E-state index in [-0.39, 0.29) is 10.2 Å². The van der Waals surface area contributed by atoms with Gasteiger partial charge in [-0.05, 0) is 31.5 Å². The van der Waals surface area contributed by atoms with Crippen molar-refractivity contribution >= 4 is 32.5 Å². The summed E-state index contributed by atoms with van der Waals surface area (Å²) in [5, 5.41) is 2.46. The molecule has 0 saturated carbocycles. The summed E-state index contributed by atoms with van der Waals surface area (Å²) in [5.41, 5.74) is 1.14. The van der Waals surface area contributed by atoms with Crippen LogP contribution in [-0.2, 0) is 9.84 Å². The Hall–Kier alpha value is -1.24. The number of piperidine rings is 1. The Morgan fingerprint density at radius 3 is 2.55 bits per heavy atom. The maximum atomic E-state index is 12.6. The molecule has 1 N–H and O–H groups in total. The van der Waals surface area contributed by atoms with Crippen LogP contribution in [0.2, 0.25) is 5.15 Å². The van der Waals surface area contributed by atoms with Gasteiger partial charge in [-0.15, -0.1) is 0 Å². The summed E-state index contributed by atoms with van der Waals surface area (Å²) in [6.07, 6.45) is 1.46. The summed E-state index contributed by atoms with van der Waals surface area (Å²) in [6.45, 7) is 1.29. The van der Waals surface area contributed by atoms with Gasteiger partial charge in [0, 0.05) is 6.54 Å². The fourth-order valence-corrected chi connectivity index (χ4v) is 4.48. The molecule has 0 radical (unpaired) electrons. The second-order valence-electron chi connectivity index (χ2n) is 4.82. The molecule has 1 saturated heterocycles. The zero-order valence-corrected chi connectivity index (χ0v) is 12.3. The monoisotopic (exact) mass is 311 g/mol. The number of benzene rings is 1. The van der Waals surface area contributed by atoms with Crippen LogP contribution in [0.3, 0.4) is 0 Å². The molecule has 1 aromatic carbocycles. The average molecular weight is 312 g/mol. The minimum absolute atomic E-state index is 0.0470. The first-order valence-electron chi connectivity index (χ1n) is 6.46. The molecule has 1 aliphatic rings. The van der Waals surface area contributed by atoms with E-state index in [0.717, 1.165) is 13.0 Å². The van der Waals surface area contributed by atoms with Gasteiger partial charge in [0.2, 0.25) is 9.84 Å². The molecular formula is C13H14ClN3O2S. The number of aromatic nitrogens is 2. The van der Waals surface area contributed by atoms with Crippen LogP contribution in [0.25, 0.3) is 11.0 Å². The Morgan fingerprint density at radius 2 is 1.90 bits per heavy atom. The summed E-state index contributed by atoms with van der Waals surface area (Å²) < 4.78 is 25.2. The number of nitrogens with one attached hydrogen (secondary N) is 1. The molecule has 106 valence electrons. The van der Waals surface area contributed by atoms with Crippen LogP contribution in [0.15, 0.2) is 29.3 Å². The summed E-state index contributed by atoms with van der Waals surface area (Å²) in [5.74, 6) is 0. The summed E-state index contributed by atoms with van der Waals surface area (Å²) >= 11 is 6.03. The first-order valence-corrected chi connectivity index (χ1v) is 8.38. The van der Waals surface area contributed by atoms with E-state index in [1.807, 2.05) is 6.07 Å². The highest BCUT2D eigenvalue weighted by Crippen LogP contribution is 2.26. The van der Waals surface area contributed by atoms with Crippen LogP contribution in [0, 0.1) is 0 Å². The van der Waals surface area contributed by atoms with Crippen molar-refractivity contribution < 1.29 is 8.42 Å². The predicted molar refractivity (Wildman–Crippen MR) is 77.6 cm³/mol. The number of para-hydroxylation sites is 2. The maximum absolute atomic E-state index is 12.6. The normalized spacial score (nSPS) is 20.1. The fraction of sp³-hybridized carbons (Fsp3) is 0.385. The quantitative estimate of drug-likeness (QED) is 0.916. The fourth-order valence-electron chi connectivity index (χ4n) is 2.39. The average Bonchev–Trinajstić information content (AvgIpc) is 2.47. The molecule has 1 fully saturated rings. The number of rotatable bonds is 2. The smallest absolute Gasteiger partial charge is 0.202 e. The molecule has 1 aromatic heterocycles. The van der Waals surface area contributed by atoms with Crippen molar-refractivity contribution in [1.82, 2.24) is 15.3 Å². The third kappa shape index (κ3) is 2.39. The Bertz CT molecular complexity index is 742. The van der Waals surface area contributed by atoms with Crippen molar-refractivity contribution in [2.24, 2.45) is 0 Å². The number of hydrogen-bond acceptors (Lipinski definition) is 5. The van der Waals surface area contributed by atoms with Crippen LogP contribution in [0.1, 0.15) is 12.8 Å². The van der Waals surface area contributed by atoms with Crippen molar-refractivity contribution in [3.8, 4) is 0 Å². The predicted octanol–water partition coefficient (Wildman–Crippen LogP) is 1.81. The van der Waals surface area contributed by atoms with Gasteiger partial charge in [0.1, 0.15) is 0 Å². The molecule has 0 unspecified atom stereocenters. The van der Waals surface area contributed by atoms with Gasteiger partial charge in [-0.3, -0.25) is 0 Å². The van der Waals surface area contributed by atoms with E-state index in [1.165, 1.54) is 0 Å². The first-order chi connectivity index (χ1) is 9.59. The number of halogens is 1. The zero-order chi connectivity index (χ0) is 14.2. The lowest BCUT2D eigenvalue weighted by atomic mass is 10.2. The lowest BCUT2D eigenvalue weighted by Crippen LogP contribution is -2.39. The second-order valence-corrected chi connectivity index (χ2v) is 7.32. The standard InChI is InChI=1S/C13H14ClN3O2S/c14-12-13(17-11-6-2-1-5-10(11)16-12)20(18,19)9-4-3-7-15-8-9/h1-2,5-6,9,15H,3-4,7-8H2/t9-/m0/s1. The molecule has 1 atom stereocenters. The third-order valence-electron chi connectivity index (χ3n) is 3.46. The minimum atomic E-state index is -3.55. The third-order valence-corrected chi connectivity index (χ3v) is 5.94. The van der Waals surface area contributed by atoms with E-state index in [4.69, 9.17) is 11.6 Å². The number of sulfone groups is 1. The van der Waals surface area contributed by atoms with Crippen molar-refractivity contribution in [2.75, 3.05) is 13.1 Å². The van der Waals surface area contributed by atoms with Gasteiger partial charge in [-0.25, -0.2) is 18.4 Å². The van der Waals surface area contributed by atoms with Crippen molar-refractivity contribution in [3.63, 3.8) is 0 Å². The Morgan fingerprint density at radius 1 is 1.20 bits per heavy atom. The van der Waals surface area contributed by atoms with E-state index in [9.17, 15) is 8.42 Å². The van der Waals surface area contributed by atoms with Gasteiger partial charge in [0.25, 0.3) is 0 Å². The molecule has 1 aliphatic heterocycles. The van der Waals surface area contributed by atoms with E-state index in [1.54, 1.807) is 18.2 Å². The highest BCUT2D eigenvalue weighted by Gasteiger charge is 2.32. The largest absolute Gasteiger partial charge is 0.315 e. The SMILES string of the molecule is O=S(=O)(c1nc2ccccc2nc1Cl)[C@H]1CCCNC1. The van der Waals surface area contributed by atoms with Gasteiger partial charge in [0.05, 0.1) is 16.3 Å². The van der Waals surface area contributed by atoms with Gasteiger partial charge in [-0.1, -0.05) is 23.7 Å². The van der Waals surface area contributed by atoms with E-state index in [0.29, 0.717) is 24.0 Å². The lowest BCUT2D eigenvalue weighted by molar-refractivity contribution is 0.495. The van der Waals surface area contributed by atoms with Crippen LogP contribution in [0.4, 0.5) is 0 Å². The van der Waals surface area contributed by atoms with Crippen molar-refractivity contribution in [2.45, 2.75) is 23.1 Å². The highest BCUT2D eigenvalue weighted by atomic mass is 35.5. The van der Waals surface area contributed by atoms with Crippen LogP contribution in [-0.4, -0.2) is 36.7 Å². The summed E-state index contributed by atoms with van der Waals surface area (Å²) in [7, 11) is -3.55. The lowest BCUT2D eigenvalue weighted by Gasteiger charge is -2.22.